The first-order valence-corrected chi connectivity index (χ1v) is 6.43. The van der Waals surface area contributed by atoms with Crippen LogP contribution in [0.2, 0.25) is 0 Å². The van der Waals surface area contributed by atoms with Gasteiger partial charge in [-0.3, -0.25) is 14.1 Å². The van der Waals surface area contributed by atoms with Gasteiger partial charge in [-0.15, -0.1) is 0 Å². The highest BCUT2D eigenvalue weighted by Gasteiger charge is 2.55. The van der Waals surface area contributed by atoms with E-state index in [9.17, 15) is 18.9 Å². The Bertz CT molecular complexity index is 425. The summed E-state index contributed by atoms with van der Waals surface area (Å²) in [6, 6.07) is 0. The maximum atomic E-state index is 11.1. The Morgan fingerprint density at radius 3 is 1.89 bits per heavy atom. The molecule has 0 saturated carbocycles. The van der Waals surface area contributed by atoms with Gasteiger partial charge in [0, 0.05) is 0 Å². The first kappa shape index (κ1) is 17.5. The molecular weight excluding hydrogens is 287 g/mol. The standard InChI is InChI=1S/C8H13O10P/c1-2-4(6(11)12)8(7(13)14,3-5(9)10)18-19(15,16)17/h4H,2-3H2,1H3,(H,9,10)(H,11,12)(H,13,14)(H2,15,16,17). The van der Waals surface area contributed by atoms with E-state index in [4.69, 9.17) is 25.1 Å². The molecule has 11 heteroatoms. The quantitative estimate of drug-likeness (QED) is 0.367. The van der Waals surface area contributed by atoms with Crippen LogP contribution in [0.5, 0.6) is 0 Å². The van der Waals surface area contributed by atoms with E-state index in [1.807, 2.05) is 0 Å². The Morgan fingerprint density at radius 2 is 1.68 bits per heavy atom. The molecule has 110 valence electrons. The number of rotatable bonds is 8. The predicted octanol–water partition coefficient (Wildman–Crippen LogP) is -0.495. The van der Waals surface area contributed by atoms with E-state index in [2.05, 4.69) is 4.52 Å². The van der Waals surface area contributed by atoms with Crippen molar-refractivity contribution in [2.75, 3.05) is 0 Å². The minimum Gasteiger partial charge on any atom is -0.481 e. The number of hydrogen-bond acceptors (Lipinski definition) is 5. The Labute approximate surface area is 106 Å². The van der Waals surface area contributed by atoms with Gasteiger partial charge in [-0.1, -0.05) is 6.92 Å². The normalized spacial score (nSPS) is 16.4. The molecule has 19 heavy (non-hydrogen) atoms. The number of phosphoric acid groups is 1. The third kappa shape index (κ3) is 4.60. The van der Waals surface area contributed by atoms with Crippen molar-refractivity contribution in [1.82, 2.24) is 0 Å². The molecule has 10 nitrogen and oxygen atoms in total. The Kier molecular flexibility index (Phi) is 5.63. The summed E-state index contributed by atoms with van der Waals surface area (Å²) < 4.78 is 14.8. The fraction of sp³-hybridized carbons (Fsp3) is 0.625. The maximum absolute atomic E-state index is 11.1. The molecule has 0 aromatic heterocycles. The second-order valence-electron chi connectivity index (χ2n) is 3.65. The van der Waals surface area contributed by atoms with E-state index < -0.39 is 50.1 Å². The molecule has 0 fully saturated rings. The van der Waals surface area contributed by atoms with Crippen molar-refractivity contribution >= 4 is 25.7 Å². The number of aliphatic carboxylic acids is 3. The van der Waals surface area contributed by atoms with Crippen molar-refractivity contribution in [2.45, 2.75) is 25.4 Å². The second-order valence-corrected chi connectivity index (χ2v) is 4.81. The van der Waals surface area contributed by atoms with Crippen LogP contribution in [0.3, 0.4) is 0 Å². The highest BCUT2D eigenvalue weighted by molar-refractivity contribution is 7.46. The van der Waals surface area contributed by atoms with Gasteiger partial charge in [-0.2, -0.15) is 0 Å². The largest absolute Gasteiger partial charge is 0.481 e. The van der Waals surface area contributed by atoms with E-state index in [1.165, 1.54) is 6.92 Å². The van der Waals surface area contributed by atoms with Gasteiger partial charge < -0.3 is 25.1 Å². The molecule has 0 aromatic rings. The monoisotopic (exact) mass is 300 g/mol. The van der Waals surface area contributed by atoms with Gasteiger partial charge in [0.25, 0.3) is 0 Å². The van der Waals surface area contributed by atoms with Gasteiger partial charge in [0.15, 0.2) is 0 Å². The zero-order valence-electron chi connectivity index (χ0n) is 9.72. The molecule has 0 aliphatic heterocycles. The van der Waals surface area contributed by atoms with E-state index >= 15 is 0 Å². The summed E-state index contributed by atoms with van der Waals surface area (Å²) in [7, 11) is -5.41. The van der Waals surface area contributed by atoms with E-state index in [0.717, 1.165) is 0 Å². The highest BCUT2D eigenvalue weighted by Crippen LogP contribution is 2.46. The summed E-state index contributed by atoms with van der Waals surface area (Å²) in [4.78, 5) is 50.1. The number of hydrogen-bond donors (Lipinski definition) is 5. The fourth-order valence-electron chi connectivity index (χ4n) is 1.62. The van der Waals surface area contributed by atoms with E-state index in [-0.39, 0.29) is 0 Å². The third-order valence-electron chi connectivity index (χ3n) is 2.33. The lowest BCUT2D eigenvalue weighted by atomic mass is 9.82. The minimum absolute atomic E-state index is 0.394. The van der Waals surface area contributed by atoms with Gasteiger partial charge >= 0.3 is 25.7 Å². The first-order chi connectivity index (χ1) is 8.46. The van der Waals surface area contributed by atoms with Crippen LogP contribution in [0.15, 0.2) is 0 Å². The molecular formula is C8H13O10P. The van der Waals surface area contributed by atoms with Gasteiger partial charge in [0.2, 0.25) is 5.60 Å². The average molecular weight is 300 g/mol. The van der Waals surface area contributed by atoms with Crippen molar-refractivity contribution in [3.8, 4) is 0 Å². The summed E-state index contributed by atoms with van der Waals surface area (Å²) in [6.07, 6.45) is -1.80. The fourth-order valence-corrected chi connectivity index (χ4v) is 2.32. The van der Waals surface area contributed by atoms with Crippen molar-refractivity contribution < 1.29 is 48.6 Å². The number of carboxylic acid groups (broad SMARTS) is 3. The van der Waals surface area contributed by atoms with Crippen molar-refractivity contribution in [2.24, 2.45) is 5.92 Å². The smallest absolute Gasteiger partial charge is 0.470 e. The molecule has 0 spiro atoms. The number of carbonyl (C=O) groups is 3. The minimum atomic E-state index is -5.41. The maximum Gasteiger partial charge on any atom is 0.470 e. The van der Waals surface area contributed by atoms with E-state index in [1.54, 1.807) is 0 Å². The molecule has 0 aromatic carbocycles. The van der Waals surface area contributed by atoms with Gasteiger partial charge in [0.05, 0.1) is 12.3 Å². The van der Waals surface area contributed by atoms with Crippen LogP contribution in [0.25, 0.3) is 0 Å². The molecule has 0 saturated heterocycles. The summed E-state index contributed by atoms with van der Waals surface area (Å²) >= 11 is 0. The molecule has 0 heterocycles. The zero-order chi connectivity index (χ0) is 15.4. The molecule has 0 amide bonds. The molecule has 2 atom stereocenters. The summed E-state index contributed by atoms with van der Waals surface area (Å²) in [5.41, 5.74) is -3.05. The lowest BCUT2D eigenvalue weighted by Gasteiger charge is -2.32. The van der Waals surface area contributed by atoms with Crippen LogP contribution >= 0.6 is 7.82 Å². The average Bonchev–Trinajstić information content (AvgIpc) is 2.13. The summed E-state index contributed by atoms with van der Waals surface area (Å²) in [5.74, 6) is -7.52. The molecule has 2 unspecified atom stereocenters. The summed E-state index contributed by atoms with van der Waals surface area (Å²) in [5, 5.41) is 26.5. The Morgan fingerprint density at radius 1 is 1.21 bits per heavy atom. The van der Waals surface area contributed by atoms with Crippen molar-refractivity contribution in [1.29, 1.82) is 0 Å². The van der Waals surface area contributed by atoms with E-state index in [0.29, 0.717) is 0 Å². The lowest BCUT2D eigenvalue weighted by molar-refractivity contribution is -0.177. The van der Waals surface area contributed by atoms with Crippen molar-refractivity contribution in [3.05, 3.63) is 0 Å². The van der Waals surface area contributed by atoms with Crippen molar-refractivity contribution in [3.63, 3.8) is 0 Å². The van der Waals surface area contributed by atoms with Gasteiger partial charge in [-0.05, 0) is 6.42 Å². The lowest BCUT2D eigenvalue weighted by Crippen LogP contribution is -2.52. The summed E-state index contributed by atoms with van der Waals surface area (Å²) in [6.45, 7) is 1.22. The highest BCUT2D eigenvalue weighted by atomic mass is 31.2. The first-order valence-electron chi connectivity index (χ1n) is 4.90. The zero-order valence-corrected chi connectivity index (χ0v) is 10.6. The van der Waals surface area contributed by atoms with Crippen LogP contribution in [-0.2, 0) is 23.5 Å². The molecule has 0 radical (unpaired) electrons. The Balaban J connectivity index is 5.88. The molecule has 5 N–H and O–H groups in total. The number of phosphoric ester groups is 1. The van der Waals surface area contributed by atoms with Gasteiger partial charge in [-0.25, -0.2) is 9.36 Å². The van der Waals surface area contributed by atoms with Gasteiger partial charge in [0.1, 0.15) is 0 Å². The Hall–Kier alpha value is -1.48. The molecule has 0 rings (SSSR count). The van der Waals surface area contributed by atoms with Crippen LogP contribution < -0.4 is 0 Å². The van der Waals surface area contributed by atoms with Crippen LogP contribution in [0.4, 0.5) is 0 Å². The number of carboxylic acids is 3. The predicted molar refractivity (Wildman–Crippen MR) is 57.2 cm³/mol. The third-order valence-corrected chi connectivity index (χ3v) is 2.89. The molecule has 0 bridgehead atoms. The van der Waals surface area contributed by atoms with Crippen LogP contribution in [-0.4, -0.2) is 48.6 Å². The topological polar surface area (TPSA) is 179 Å². The second kappa shape index (κ2) is 6.11. The SMILES string of the molecule is CCC(C(=O)O)C(CC(=O)O)(OP(=O)(O)O)C(=O)O. The van der Waals surface area contributed by atoms with Crippen LogP contribution in [0.1, 0.15) is 19.8 Å². The molecule has 0 aliphatic rings. The van der Waals surface area contributed by atoms with Crippen LogP contribution in [0, 0.1) is 5.92 Å². The molecule has 0 aliphatic carbocycles.